The van der Waals surface area contributed by atoms with Gasteiger partial charge in [-0.3, -0.25) is 14.2 Å². The monoisotopic (exact) mass is 369 g/mol. The van der Waals surface area contributed by atoms with Gasteiger partial charge in [0.05, 0.1) is 16.6 Å². The second-order valence-electron chi connectivity index (χ2n) is 6.32. The summed E-state index contributed by atoms with van der Waals surface area (Å²) in [7, 11) is 0. The Morgan fingerprint density at radius 1 is 1.27 bits per heavy atom. The first-order valence-corrected chi connectivity index (χ1v) is 9.74. The van der Waals surface area contributed by atoms with Gasteiger partial charge in [-0.2, -0.15) is 0 Å². The average molecular weight is 369 g/mol. The number of carbonyl (C=O) groups is 1. The van der Waals surface area contributed by atoms with Crippen LogP contribution in [-0.4, -0.2) is 22.0 Å². The lowest BCUT2D eigenvalue weighted by molar-refractivity contribution is 0.0957. The molecule has 2 heterocycles. The molecule has 3 aromatic rings. The van der Waals surface area contributed by atoms with Crippen molar-refractivity contribution in [2.75, 3.05) is 6.54 Å². The van der Waals surface area contributed by atoms with E-state index in [1.807, 2.05) is 37.3 Å². The van der Waals surface area contributed by atoms with Gasteiger partial charge in [-0.05, 0) is 30.9 Å². The van der Waals surface area contributed by atoms with Crippen LogP contribution in [0, 0.1) is 6.92 Å². The standard InChI is InChI=1S/C20H23N3O2S/c1-3-4-12-23-13-22-19-16(20(23)25)14(2)17(26-19)18(24)21-11-10-15-8-6-5-7-9-15/h5-9,13H,3-4,10-12H2,1-2H3,(H,21,24). The zero-order chi connectivity index (χ0) is 18.5. The van der Waals surface area contributed by atoms with Crippen LogP contribution in [0.2, 0.25) is 0 Å². The second-order valence-corrected chi connectivity index (χ2v) is 7.32. The maximum absolute atomic E-state index is 12.7. The molecule has 5 nitrogen and oxygen atoms in total. The number of nitrogens with one attached hydrogen (secondary N) is 1. The maximum atomic E-state index is 12.7. The third kappa shape index (κ3) is 3.85. The van der Waals surface area contributed by atoms with Crippen molar-refractivity contribution in [3.63, 3.8) is 0 Å². The summed E-state index contributed by atoms with van der Waals surface area (Å²) in [6.07, 6.45) is 4.32. The SMILES string of the molecule is CCCCn1cnc2sc(C(=O)NCCc3ccccc3)c(C)c2c1=O. The molecule has 0 radical (unpaired) electrons. The Balaban J connectivity index is 1.77. The number of carbonyl (C=O) groups excluding carboxylic acids is 1. The van der Waals surface area contributed by atoms with Crippen LogP contribution in [0.4, 0.5) is 0 Å². The van der Waals surface area contributed by atoms with Gasteiger partial charge in [0, 0.05) is 13.1 Å². The molecule has 136 valence electrons. The molecule has 0 aliphatic carbocycles. The highest BCUT2D eigenvalue weighted by Crippen LogP contribution is 2.26. The molecule has 1 amide bonds. The second kappa shape index (κ2) is 8.27. The molecule has 0 saturated heterocycles. The van der Waals surface area contributed by atoms with Crippen molar-refractivity contribution in [3.8, 4) is 0 Å². The number of nitrogens with zero attached hydrogens (tertiary/aromatic N) is 2. The molecular formula is C20H23N3O2S. The minimum Gasteiger partial charge on any atom is -0.351 e. The summed E-state index contributed by atoms with van der Waals surface area (Å²) in [6.45, 7) is 5.14. The molecule has 0 fully saturated rings. The Morgan fingerprint density at radius 2 is 2.04 bits per heavy atom. The molecule has 3 rings (SSSR count). The van der Waals surface area contributed by atoms with Gasteiger partial charge in [0.15, 0.2) is 0 Å². The molecule has 0 bridgehead atoms. The molecule has 0 aliphatic rings. The molecule has 1 aromatic carbocycles. The minimum atomic E-state index is -0.138. The van der Waals surface area contributed by atoms with E-state index in [2.05, 4.69) is 17.2 Å². The molecule has 0 spiro atoms. The number of hydrogen-bond donors (Lipinski definition) is 1. The van der Waals surface area contributed by atoms with E-state index >= 15 is 0 Å². The van der Waals surface area contributed by atoms with Crippen LogP contribution in [0.1, 0.15) is 40.6 Å². The summed E-state index contributed by atoms with van der Waals surface area (Å²) in [6, 6.07) is 10.0. The van der Waals surface area contributed by atoms with Gasteiger partial charge in [0.25, 0.3) is 11.5 Å². The highest BCUT2D eigenvalue weighted by atomic mass is 32.1. The Labute approximate surface area is 156 Å². The van der Waals surface area contributed by atoms with Crippen LogP contribution in [-0.2, 0) is 13.0 Å². The molecule has 26 heavy (non-hydrogen) atoms. The van der Waals surface area contributed by atoms with Gasteiger partial charge in [0.2, 0.25) is 0 Å². The van der Waals surface area contributed by atoms with E-state index in [9.17, 15) is 9.59 Å². The highest BCUT2D eigenvalue weighted by Gasteiger charge is 2.19. The zero-order valence-electron chi connectivity index (χ0n) is 15.1. The van der Waals surface area contributed by atoms with E-state index in [0.29, 0.717) is 28.2 Å². The Morgan fingerprint density at radius 3 is 2.77 bits per heavy atom. The summed E-state index contributed by atoms with van der Waals surface area (Å²) in [5.74, 6) is -0.138. The molecule has 0 aliphatic heterocycles. The summed E-state index contributed by atoms with van der Waals surface area (Å²) in [4.78, 5) is 30.8. The fraction of sp³-hybridized carbons (Fsp3) is 0.350. The van der Waals surface area contributed by atoms with Crippen molar-refractivity contribution in [2.45, 2.75) is 39.7 Å². The highest BCUT2D eigenvalue weighted by molar-refractivity contribution is 7.20. The first kappa shape index (κ1) is 18.3. The van der Waals surface area contributed by atoms with Crippen molar-refractivity contribution in [3.05, 3.63) is 63.0 Å². The van der Waals surface area contributed by atoms with E-state index in [-0.39, 0.29) is 11.5 Å². The summed E-state index contributed by atoms with van der Waals surface area (Å²) >= 11 is 1.29. The first-order valence-electron chi connectivity index (χ1n) is 8.92. The number of hydrogen-bond acceptors (Lipinski definition) is 4. The molecule has 1 N–H and O–H groups in total. The number of fused-ring (bicyclic) bond motifs is 1. The van der Waals surface area contributed by atoms with Gasteiger partial charge < -0.3 is 5.32 Å². The lowest BCUT2D eigenvalue weighted by atomic mass is 10.1. The Hall–Kier alpha value is -2.47. The number of aromatic nitrogens is 2. The number of thiophene rings is 1. The predicted molar refractivity (Wildman–Crippen MR) is 106 cm³/mol. The van der Waals surface area contributed by atoms with Crippen LogP contribution < -0.4 is 10.9 Å². The topological polar surface area (TPSA) is 64.0 Å². The van der Waals surface area contributed by atoms with Crippen LogP contribution in [0.15, 0.2) is 41.5 Å². The molecule has 0 saturated carbocycles. The van der Waals surface area contributed by atoms with Gasteiger partial charge >= 0.3 is 0 Å². The van der Waals surface area contributed by atoms with Crippen molar-refractivity contribution < 1.29 is 4.79 Å². The smallest absolute Gasteiger partial charge is 0.262 e. The quantitative estimate of drug-likeness (QED) is 0.693. The molecular weight excluding hydrogens is 346 g/mol. The average Bonchev–Trinajstić information content (AvgIpc) is 2.99. The summed E-state index contributed by atoms with van der Waals surface area (Å²) < 4.78 is 1.64. The van der Waals surface area contributed by atoms with E-state index < -0.39 is 0 Å². The lowest BCUT2D eigenvalue weighted by Gasteiger charge is -2.05. The fourth-order valence-electron chi connectivity index (χ4n) is 2.91. The summed E-state index contributed by atoms with van der Waals surface area (Å²) in [5, 5.41) is 3.52. The van der Waals surface area contributed by atoms with Crippen molar-refractivity contribution >= 4 is 27.5 Å². The predicted octanol–water partition coefficient (Wildman–Crippen LogP) is 3.54. The van der Waals surface area contributed by atoms with Crippen LogP contribution in [0.5, 0.6) is 0 Å². The molecule has 6 heteroatoms. The van der Waals surface area contributed by atoms with Crippen LogP contribution in [0.3, 0.4) is 0 Å². The normalized spacial score (nSPS) is 11.0. The van der Waals surface area contributed by atoms with Crippen molar-refractivity contribution in [2.24, 2.45) is 0 Å². The van der Waals surface area contributed by atoms with Crippen LogP contribution >= 0.6 is 11.3 Å². The number of aryl methyl sites for hydroxylation is 2. The first-order chi connectivity index (χ1) is 12.6. The number of rotatable bonds is 7. The van der Waals surface area contributed by atoms with E-state index in [4.69, 9.17) is 0 Å². The minimum absolute atomic E-state index is 0.0551. The maximum Gasteiger partial charge on any atom is 0.262 e. The third-order valence-corrected chi connectivity index (χ3v) is 5.62. The number of benzene rings is 1. The number of unbranched alkanes of at least 4 members (excludes halogenated alkanes) is 1. The Kier molecular flexibility index (Phi) is 5.83. The van der Waals surface area contributed by atoms with E-state index in [1.54, 1.807) is 10.9 Å². The Bertz CT molecular complexity index is 960. The molecule has 0 unspecified atom stereocenters. The largest absolute Gasteiger partial charge is 0.351 e. The van der Waals surface area contributed by atoms with Gasteiger partial charge in [-0.15, -0.1) is 11.3 Å². The fourth-order valence-corrected chi connectivity index (χ4v) is 3.96. The van der Waals surface area contributed by atoms with Crippen molar-refractivity contribution in [1.29, 1.82) is 0 Å². The van der Waals surface area contributed by atoms with E-state index in [0.717, 1.165) is 24.8 Å². The van der Waals surface area contributed by atoms with Crippen LogP contribution in [0.25, 0.3) is 10.2 Å². The van der Waals surface area contributed by atoms with Gasteiger partial charge in [0.1, 0.15) is 4.83 Å². The lowest BCUT2D eigenvalue weighted by Crippen LogP contribution is -2.25. The zero-order valence-corrected chi connectivity index (χ0v) is 15.9. The van der Waals surface area contributed by atoms with Crippen molar-refractivity contribution in [1.82, 2.24) is 14.9 Å². The number of amides is 1. The third-order valence-electron chi connectivity index (χ3n) is 4.42. The molecule has 0 atom stereocenters. The molecule has 2 aromatic heterocycles. The van der Waals surface area contributed by atoms with Gasteiger partial charge in [-0.25, -0.2) is 4.98 Å². The summed E-state index contributed by atoms with van der Waals surface area (Å²) in [5.41, 5.74) is 1.85. The van der Waals surface area contributed by atoms with Gasteiger partial charge in [-0.1, -0.05) is 43.7 Å². The van der Waals surface area contributed by atoms with E-state index in [1.165, 1.54) is 16.9 Å².